The molecule has 0 atom stereocenters. The zero-order valence-electron chi connectivity index (χ0n) is 6.80. The van der Waals surface area contributed by atoms with Gasteiger partial charge in [-0.25, -0.2) is 8.78 Å². The minimum atomic E-state index is -0.794. The molecule has 1 rings (SSSR count). The lowest BCUT2D eigenvalue weighted by Crippen LogP contribution is -1.95. The van der Waals surface area contributed by atoms with Crippen molar-refractivity contribution in [3.05, 3.63) is 35.4 Å². The highest BCUT2D eigenvalue weighted by Crippen LogP contribution is 2.19. The minimum absolute atomic E-state index is 0.119. The summed E-state index contributed by atoms with van der Waals surface area (Å²) >= 11 is 0. The molecule has 2 nitrogen and oxygen atoms in total. The first kappa shape index (κ1) is 9.67. The Balaban J connectivity index is 3.12. The summed E-state index contributed by atoms with van der Waals surface area (Å²) < 4.78 is 25.4. The molecule has 0 spiro atoms. The molecule has 3 N–H and O–H groups in total. The second kappa shape index (κ2) is 4.00. The SMILES string of the molecule is Nc1c(F)cc(F)cc1C=CCO. The number of anilines is 1. The van der Waals surface area contributed by atoms with E-state index in [4.69, 9.17) is 10.8 Å². The Morgan fingerprint density at radius 2 is 2.08 bits per heavy atom. The smallest absolute Gasteiger partial charge is 0.149 e. The average molecular weight is 185 g/mol. The van der Waals surface area contributed by atoms with E-state index in [0.29, 0.717) is 6.07 Å². The quantitative estimate of drug-likeness (QED) is 0.686. The molecule has 0 aliphatic heterocycles. The van der Waals surface area contributed by atoms with Gasteiger partial charge < -0.3 is 10.8 Å². The van der Waals surface area contributed by atoms with E-state index < -0.39 is 11.6 Å². The highest BCUT2D eigenvalue weighted by molar-refractivity contribution is 5.64. The zero-order valence-corrected chi connectivity index (χ0v) is 6.80. The molecular formula is C9H9F2NO. The Hall–Kier alpha value is -1.42. The number of hydrogen-bond donors (Lipinski definition) is 2. The topological polar surface area (TPSA) is 46.2 Å². The fourth-order valence-electron chi connectivity index (χ4n) is 0.922. The third-order valence-corrected chi connectivity index (χ3v) is 1.53. The summed E-state index contributed by atoms with van der Waals surface area (Å²) in [6, 6.07) is 1.82. The highest BCUT2D eigenvalue weighted by atomic mass is 19.1. The molecule has 0 aliphatic carbocycles. The van der Waals surface area contributed by atoms with Crippen LogP contribution in [0, 0.1) is 11.6 Å². The predicted molar refractivity (Wildman–Crippen MR) is 46.9 cm³/mol. The molecule has 0 heterocycles. The van der Waals surface area contributed by atoms with Gasteiger partial charge in [-0.2, -0.15) is 0 Å². The summed E-state index contributed by atoms with van der Waals surface area (Å²) in [7, 11) is 0. The maximum atomic E-state index is 12.8. The van der Waals surface area contributed by atoms with Crippen molar-refractivity contribution in [2.24, 2.45) is 0 Å². The van der Waals surface area contributed by atoms with Gasteiger partial charge in [-0.05, 0) is 6.07 Å². The van der Waals surface area contributed by atoms with Crippen molar-refractivity contribution in [2.45, 2.75) is 0 Å². The summed E-state index contributed by atoms with van der Waals surface area (Å²) in [5, 5.41) is 8.44. The molecule has 0 fully saturated rings. The van der Waals surface area contributed by atoms with E-state index in [-0.39, 0.29) is 17.9 Å². The number of benzene rings is 1. The van der Waals surface area contributed by atoms with Gasteiger partial charge in [0.15, 0.2) is 0 Å². The van der Waals surface area contributed by atoms with E-state index in [1.165, 1.54) is 12.2 Å². The Bertz CT molecular complexity index is 337. The van der Waals surface area contributed by atoms with Gasteiger partial charge in [-0.15, -0.1) is 0 Å². The van der Waals surface area contributed by atoms with Gasteiger partial charge in [-0.1, -0.05) is 12.2 Å². The van der Waals surface area contributed by atoms with Crippen LogP contribution in [0.5, 0.6) is 0 Å². The van der Waals surface area contributed by atoms with E-state index in [1.54, 1.807) is 0 Å². The van der Waals surface area contributed by atoms with Crippen molar-refractivity contribution in [3.63, 3.8) is 0 Å². The maximum absolute atomic E-state index is 12.8. The maximum Gasteiger partial charge on any atom is 0.149 e. The lowest BCUT2D eigenvalue weighted by molar-refractivity contribution is 0.343. The fraction of sp³-hybridized carbons (Fsp3) is 0.111. The second-order valence-corrected chi connectivity index (χ2v) is 2.48. The molecule has 4 heteroatoms. The second-order valence-electron chi connectivity index (χ2n) is 2.48. The van der Waals surface area contributed by atoms with E-state index in [1.807, 2.05) is 0 Å². The number of hydrogen-bond acceptors (Lipinski definition) is 2. The van der Waals surface area contributed by atoms with Crippen LogP contribution in [-0.2, 0) is 0 Å². The molecule has 0 amide bonds. The molecule has 13 heavy (non-hydrogen) atoms. The van der Waals surface area contributed by atoms with Crippen molar-refractivity contribution in [2.75, 3.05) is 12.3 Å². The van der Waals surface area contributed by atoms with Gasteiger partial charge in [-0.3, -0.25) is 0 Å². The molecule has 0 saturated carbocycles. The van der Waals surface area contributed by atoms with Crippen molar-refractivity contribution in [3.8, 4) is 0 Å². The summed E-state index contributed by atoms with van der Waals surface area (Å²) in [5.74, 6) is -1.48. The van der Waals surface area contributed by atoms with Gasteiger partial charge in [0.1, 0.15) is 11.6 Å². The number of nitrogen functional groups attached to an aromatic ring is 1. The monoisotopic (exact) mass is 185 g/mol. The van der Waals surface area contributed by atoms with Crippen molar-refractivity contribution < 1.29 is 13.9 Å². The first-order valence-electron chi connectivity index (χ1n) is 3.67. The third-order valence-electron chi connectivity index (χ3n) is 1.53. The van der Waals surface area contributed by atoms with Crippen LogP contribution in [0.25, 0.3) is 6.08 Å². The Kier molecular flexibility index (Phi) is 2.97. The zero-order chi connectivity index (χ0) is 9.84. The fourth-order valence-corrected chi connectivity index (χ4v) is 0.922. The number of aliphatic hydroxyl groups excluding tert-OH is 1. The Morgan fingerprint density at radius 3 is 2.69 bits per heavy atom. The van der Waals surface area contributed by atoms with Crippen LogP contribution < -0.4 is 5.73 Å². The largest absolute Gasteiger partial charge is 0.396 e. The molecule has 1 aromatic rings. The van der Waals surface area contributed by atoms with Crippen LogP contribution in [0.1, 0.15) is 5.56 Å². The molecule has 0 saturated heterocycles. The lowest BCUT2D eigenvalue weighted by atomic mass is 10.1. The summed E-state index contributed by atoms with van der Waals surface area (Å²) in [6.45, 7) is -0.197. The minimum Gasteiger partial charge on any atom is -0.396 e. The van der Waals surface area contributed by atoms with Crippen molar-refractivity contribution in [1.82, 2.24) is 0 Å². The van der Waals surface area contributed by atoms with Crippen molar-refractivity contribution >= 4 is 11.8 Å². The standard InChI is InChI=1S/C9H9F2NO/c10-7-4-6(2-1-3-13)9(12)8(11)5-7/h1-2,4-5,13H,3,12H2. The van der Waals surface area contributed by atoms with Gasteiger partial charge in [0.25, 0.3) is 0 Å². The highest BCUT2D eigenvalue weighted by Gasteiger charge is 2.04. The van der Waals surface area contributed by atoms with Crippen LogP contribution in [0.3, 0.4) is 0 Å². The first-order chi connectivity index (χ1) is 6.15. The third kappa shape index (κ3) is 2.26. The van der Waals surface area contributed by atoms with Crippen LogP contribution in [0.15, 0.2) is 18.2 Å². The first-order valence-corrected chi connectivity index (χ1v) is 3.67. The summed E-state index contributed by atoms with van der Waals surface area (Å²) in [4.78, 5) is 0. The van der Waals surface area contributed by atoms with E-state index in [0.717, 1.165) is 6.07 Å². The molecule has 0 bridgehead atoms. The van der Waals surface area contributed by atoms with Crippen LogP contribution in [0.4, 0.5) is 14.5 Å². The summed E-state index contributed by atoms with van der Waals surface area (Å²) in [5.41, 5.74) is 5.43. The van der Waals surface area contributed by atoms with E-state index in [2.05, 4.69) is 0 Å². The van der Waals surface area contributed by atoms with Crippen LogP contribution in [-0.4, -0.2) is 11.7 Å². The number of halogens is 2. The molecule has 0 unspecified atom stereocenters. The lowest BCUT2D eigenvalue weighted by Gasteiger charge is -2.01. The molecule has 1 aromatic carbocycles. The predicted octanol–water partition coefficient (Wildman–Crippen LogP) is 1.55. The van der Waals surface area contributed by atoms with Crippen LogP contribution in [0.2, 0.25) is 0 Å². The van der Waals surface area contributed by atoms with Gasteiger partial charge in [0.2, 0.25) is 0 Å². The van der Waals surface area contributed by atoms with E-state index >= 15 is 0 Å². The number of rotatable bonds is 2. The Morgan fingerprint density at radius 1 is 1.38 bits per heavy atom. The Labute approximate surface area is 74.3 Å². The van der Waals surface area contributed by atoms with Gasteiger partial charge >= 0.3 is 0 Å². The van der Waals surface area contributed by atoms with Crippen LogP contribution >= 0.6 is 0 Å². The van der Waals surface area contributed by atoms with Gasteiger partial charge in [0, 0.05) is 11.6 Å². The normalized spacial score (nSPS) is 11.0. The molecule has 0 aliphatic rings. The average Bonchev–Trinajstić information content (AvgIpc) is 2.09. The van der Waals surface area contributed by atoms with Gasteiger partial charge in [0.05, 0.1) is 12.3 Å². The number of aliphatic hydroxyl groups is 1. The van der Waals surface area contributed by atoms with Crippen molar-refractivity contribution in [1.29, 1.82) is 0 Å². The molecule has 0 aromatic heterocycles. The molecular weight excluding hydrogens is 176 g/mol. The molecule has 70 valence electrons. The summed E-state index contributed by atoms with van der Waals surface area (Å²) in [6.07, 6.45) is 2.71. The molecule has 0 radical (unpaired) electrons. The van der Waals surface area contributed by atoms with E-state index in [9.17, 15) is 8.78 Å². The number of nitrogens with two attached hydrogens (primary N) is 1.